The summed E-state index contributed by atoms with van der Waals surface area (Å²) in [4.78, 5) is 4.64. The maximum atomic E-state index is 15.7. The van der Waals surface area contributed by atoms with Gasteiger partial charge in [-0.25, -0.2) is 8.78 Å². The highest BCUT2D eigenvalue weighted by Crippen LogP contribution is 2.57. The number of fused-ring (bicyclic) bond motifs is 7. The van der Waals surface area contributed by atoms with Crippen LogP contribution in [0, 0.1) is 39.3 Å². The molecule has 4 heteroatoms. The molecule has 8 aromatic carbocycles. The third kappa shape index (κ3) is 5.81. The van der Waals surface area contributed by atoms with E-state index in [-0.39, 0.29) is 11.6 Å². The summed E-state index contributed by atoms with van der Waals surface area (Å²) in [5, 5.41) is 0. The van der Waals surface area contributed by atoms with Crippen LogP contribution in [0.2, 0.25) is 0 Å². The standard InChI is InChI=1S/C57H42F2N2/c1-35-5-25-53-39(29-35)9-10-40-30-36(2)6-26-54(40)60(53)47-19-13-43(14-20-47)57(51-33-45(58)17-23-49(51)50-24-18-46(59)34-52(50)57)44-15-21-48(22-16-44)61-55-27-7-37(3)31-41(55)11-12-42-32-38(4)8-28-56(42)61/h5-34H,1-4H3. The minimum atomic E-state index is -1.03. The minimum Gasteiger partial charge on any atom is -0.309 e. The molecule has 3 aliphatic rings. The Bertz CT molecular complexity index is 2830. The summed E-state index contributed by atoms with van der Waals surface area (Å²) >= 11 is 0. The molecule has 11 rings (SSSR count). The second-order valence-corrected chi connectivity index (χ2v) is 16.8. The molecule has 0 saturated carbocycles. The van der Waals surface area contributed by atoms with Gasteiger partial charge in [0, 0.05) is 11.4 Å². The van der Waals surface area contributed by atoms with E-state index in [4.69, 9.17) is 0 Å². The van der Waals surface area contributed by atoms with Crippen LogP contribution in [-0.4, -0.2) is 0 Å². The van der Waals surface area contributed by atoms with Crippen LogP contribution < -0.4 is 9.80 Å². The van der Waals surface area contributed by atoms with Crippen molar-refractivity contribution in [1.82, 2.24) is 0 Å². The van der Waals surface area contributed by atoms with Gasteiger partial charge in [0.25, 0.3) is 0 Å². The van der Waals surface area contributed by atoms with E-state index in [2.05, 4.69) is 183 Å². The maximum Gasteiger partial charge on any atom is 0.123 e. The zero-order valence-corrected chi connectivity index (χ0v) is 34.5. The Hall–Kier alpha value is -7.30. The van der Waals surface area contributed by atoms with E-state index < -0.39 is 5.41 Å². The summed E-state index contributed by atoms with van der Waals surface area (Å²) < 4.78 is 31.4. The zero-order chi connectivity index (χ0) is 41.6. The molecule has 2 nitrogen and oxygen atoms in total. The highest BCUT2D eigenvalue weighted by Gasteiger charge is 2.47. The Morgan fingerprint density at radius 3 is 0.967 bits per heavy atom. The monoisotopic (exact) mass is 792 g/mol. The smallest absolute Gasteiger partial charge is 0.123 e. The molecule has 0 fully saturated rings. The molecule has 1 aliphatic carbocycles. The Balaban J connectivity index is 1.11. The van der Waals surface area contributed by atoms with Crippen molar-refractivity contribution in [3.8, 4) is 11.1 Å². The zero-order valence-electron chi connectivity index (χ0n) is 34.5. The van der Waals surface area contributed by atoms with Crippen molar-refractivity contribution in [3.05, 3.63) is 236 Å². The van der Waals surface area contributed by atoms with E-state index in [9.17, 15) is 0 Å². The molecule has 0 unspecified atom stereocenters. The van der Waals surface area contributed by atoms with Crippen molar-refractivity contribution in [2.75, 3.05) is 9.80 Å². The minimum absolute atomic E-state index is 0.337. The SMILES string of the molecule is Cc1ccc2c(c1)C=Cc1cc(C)ccc1N2c1ccc(C2(c3ccc(N4c5ccc(C)cc5C=Cc5cc(C)ccc54)cc3)c3cc(F)ccc3-c3ccc(F)cc32)cc1. The van der Waals surface area contributed by atoms with E-state index in [1.54, 1.807) is 12.1 Å². The number of nitrogens with zero attached hydrogens (tertiary/aromatic N) is 2. The number of aryl methyl sites for hydroxylation is 4. The third-order valence-electron chi connectivity index (χ3n) is 12.8. The van der Waals surface area contributed by atoms with Crippen LogP contribution in [-0.2, 0) is 5.41 Å². The van der Waals surface area contributed by atoms with Crippen molar-refractivity contribution >= 4 is 58.4 Å². The van der Waals surface area contributed by atoms with Gasteiger partial charge in [-0.1, -0.05) is 107 Å². The lowest BCUT2D eigenvalue weighted by molar-refractivity contribution is 0.616. The van der Waals surface area contributed by atoms with E-state index in [0.717, 1.165) is 89.8 Å². The first-order valence-corrected chi connectivity index (χ1v) is 20.9. The summed E-state index contributed by atoms with van der Waals surface area (Å²) in [6.45, 7) is 8.48. The molecule has 61 heavy (non-hydrogen) atoms. The normalized spacial score (nSPS) is 14.0. The van der Waals surface area contributed by atoms with Gasteiger partial charge in [-0.05, 0) is 180 Å². The summed E-state index contributed by atoms with van der Waals surface area (Å²) in [6, 6.07) is 53.5. The molecule has 294 valence electrons. The number of halogens is 2. The summed E-state index contributed by atoms with van der Waals surface area (Å²) in [5.74, 6) is -0.673. The van der Waals surface area contributed by atoms with Crippen LogP contribution >= 0.6 is 0 Å². The largest absolute Gasteiger partial charge is 0.309 e. The van der Waals surface area contributed by atoms with Gasteiger partial charge in [0.1, 0.15) is 11.6 Å². The highest BCUT2D eigenvalue weighted by atomic mass is 19.1. The topological polar surface area (TPSA) is 6.48 Å². The van der Waals surface area contributed by atoms with Crippen LogP contribution in [0.5, 0.6) is 0 Å². The van der Waals surface area contributed by atoms with Gasteiger partial charge in [-0.2, -0.15) is 0 Å². The van der Waals surface area contributed by atoms with Gasteiger partial charge in [0.05, 0.1) is 28.2 Å². The van der Waals surface area contributed by atoms with Crippen molar-refractivity contribution in [3.63, 3.8) is 0 Å². The quantitative estimate of drug-likeness (QED) is 0.175. The van der Waals surface area contributed by atoms with Gasteiger partial charge >= 0.3 is 0 Å². The van der Waals surface area contributed by atoms with Gasteiger partial charge in [0.15, 0.2) is 0 Å². The Kier molecular flexibility index (Phi) is 8.37. The third-order valence-corrected chi connectivity index (χ3v) is 12.8. The molecule has 2 heterocycles. The number of anilines is 6. The van der Waals surface area contributed by atoms with Crippen molar-refractivity contribution in [1.29, 1.82) is 0 Å². The predicted molar refractivity (Wildman–Crippen MR) is 250 cm³/mol. The van der Waals surface area contributed by atoms with Gasteiger partial charge in [-0.3, -0.25) is 0 Å². The Labute approximate surface area is 356 Å². The van der Waals surface area contributed by atoms with Crippen LogP contribution in [0.15, 0.2) is 158 Å². The fourth-order valence-electron chi connectivity index (χ4n) is 10.00. The molecule has 8 aromatic rings. The summed E-state index contributed by atoms with van der Waals surface area (Å²) in [5.41, 5.74) is 19.8. The first-order chi connectivity index (χ1) is 29.6. The average Bonchev–Trinajstić information content (AvgIpc) is 3.33. The molecule has 0 spiro atoms. The summed E-state index contributed by atoms with van der Waals surface area (Å²) in [6.07, 6.45) is 8.80. The molecule has 0 aromatic heterocycles. The lowest BCUT2D eigenvalue weighted by Gasteiger charge is -2.35. The van der Waals surface area contributed by atoms with Crippen molar-refractivity contribution in [2.45, 2.75) is 33.1 Å². The Morgan fingerprint density at radius 2 is 0.656 bits per heavy atom. The van der Waals surface area contributed by atoms with Crippen LogP contribution in [0.4, 0.5) is 42.9 Å². The van der Waals surface area contributed by atoms with Crippen molar-refractivity contribution in [2.24, 2.45) is 0 Å². The summed E-state index contributed by atoms with van der Waals surface area (Å²) in [7, 11) is 0. The van der Waals surface area contributed by atoms with Crippen LogP contribution in [0.3, 0.4) is 0 Å². The van der Waals surface area contributed by atoms with E-state index in [0.29, 0.717) is 0 Å². The second-order valence-electron chi connectivity index (χ2n) is 16.8. The molecule has 0 amide bonds. The molecule has 0 radical (unpaired) electrons. The lowest BCUT2D eigenvalue weighted by Crippen LogP contribution is -2.29. The molecular weight excluding hydrogens is 751 g/mol. The van der Waals surface area contributed by atoms with Gasteiger partial charge < -0.3 is 9.80 Å². The van der Waals surface area contributed by atoms with E-state index >= 15 is 8.78 Å². The van der Waals surface area contributed by atoms with E-state index in [1.165, 1.54) is 34.4 Å². The molecule has 0 saturated heterocycles. The van der Waals surface area contributed by atoms with Crippen molar-refractivity contribution < 1.29 is 8.78 Å². The highest BCUT2D eigenvalue weighted by molar-refractivity contribution is 5.96. The Morgan fingerprint density at radius 1 is 0.344 bits per heavy atom. The molecule has 0 atom stereocenters. The fourth-order valence-corrected chi connectivity index (χ4v) is 10.00. The first-order valence-electron chi connectivity index (χ1n) is 20.9. The number of hydrogen-bond donors (Lipinski definition) is 0. The number of benzene rings is 8. The number of rotatable bonds is 4. The predicted octanol–water partition coefficient (Wildman–Crippen LogP) is 15.5. The maximum absolute atomic E-state index is 15.7. The molecular formula is C57H42F2N2. The van der Waals surface area contributed by atoms with Crippen LogP contribution in [0.1, 0.15) is 66.8 Å². The van der Waals surface area contributed by atoms with E-state index in [1.807, 2.05) is 12.1 Å². The van der Waals surface area contributed by atoms with Gasteiger partial charge in [0.2, 0.25) is 0 Å². The molecule has 0 bridgehead atoms. The lowest BCUT2D eigenvalue weighted by atomic mass is 9.67. The first kappa shape index (κ1) is 36.8. The molecule has 2 aliphatic heterocycles. The van der Waals surface area contributed by atoms with Gasteiger partial charge in [-0.15, -0.1) is 0 Å². The fraction of sp³-hybridized carbons (Fsp3) is 0.0877. The molecule has 0 N–H and O–H groups in total. The second kappa shape index (κ2) is 13.9. The number of hydrogen-bond acceptors (Lipinski definition) is 2. The average molecular weight is 793 g/mol. The van der Waals surface area contributed by atoms with Crippen LogP contribution in [0.25, 0.3) is 35.4 Å².